The second kappa shape index (κ2) is 3.50. The van der Waals surface area contributed by atoms with Crippen LogP contribution in [0.15, 0.2) is 12.2 Å². The first-order valence-electron chi connectivity index (χ1n) is 3.55. The lowest BCUT2D eigenvalue weighted by atomic mass is 10.3. The number of amides is 1. The number of carbonyl (C=O) groups is 1. The fraction of sp³-hybridized carbons (Fsp3) is 0.571. The van der Waals surface area contributed by atoms with Crippen molar-refractivity contribution in [3.63, 3.8) is 0 Å². The van der Waals surface area contributed by atoms with E-state index in [9.17, 15) is 4.79 Å². The van der Waals surface area contributed by atoms with Crippen molar-refractivity contribution >= 4 is 5.91 Å². The first kappa shape index (κ1) is 8.23. The van der Waals surface area contributed by atoms with E-state index < -0.39 is 12.0 Å². The first-order valence-corrected chi connectivity index (χ1v) is 3.55. The molecule has 0 radical (unpaired) electrons. The Morgan fingerprint density at radius 2 is 2.18 bits per heavy atom. The highest BCUT2D eigenvalue weighted by atomic mass is 16.3. The molecule has 0 fully saturated rings. The van der Waals surface area contributed by atoms with Crippen molar-refractivity contribution < 1.29 is 9.90 Å². The number of hydrogen-bond acceptors (Lipinski definition) is 3. The zero-order valence-electron chi connectivity index (χ0n) is 6.23. The van der Waals surface area contributed by atoms with E-state index in [0.717, 1.165) is 13.1 Å². The predicted octanol–water partition coefficient (Wildman–Crippen LogP) is -1.30. The first-order chi connectivity index (χ1) is 5.20. The molecule has 4 heteroatoms. The van der Waals surface area contributed by atoms with Gasteiger partial charge in [0.25, 0.3) is 0 Å². The number of primary amides is 1. The minimum Gasteiger partial charge on any atom is -0.382 e. The monoisotopic (exact) mass is 156 g/mol. The Bertz CT molecular complexity index is 171. The Balaban J connectivity index is 2.25. The molecule has 62 valence electrons. The zero-order chi connectivity index (χ0) is 8.27. The van der Waals surface area contributed by atoms with Gasteiger partial charge in [0.15, 0.2) is 0 Å². The maximum absolute atomic E-state index is 10.4. The van der Waals surface area contributed by atoms with Gasteiger partial charge in [0, 0.05) is 19.6 Å². The number of rotatable bonds is 3. The third-order valence-corrected chi connectivity index (χ3v) is 1.65. The molecule has 1 amide bonds. The van der Waals surface area contributed by atoms with Gasteiger partial charge in [-0.1, -0.05) is 12.2 Å². The second-order valence-corrected chi connectivity index (χ2v) is 2.61. The van der Waals surface area contributed by atoms with Crippen LogP contribution in [0, 0.1) is 0 Å². The summed E-state index contributed by atoms with van der Waals surface area (Å²) >= 11 is 0. The summed E-state index contributed by atoms with van der Waals surface area (Å²) in [6.07, 6.45) is 2.96. The molecule has 0 aromatic rings. The lowest BCUT2D eigenvalue weighted by Gasteiger charge is -2.16. The van der Waals surface area contributed by atoms with E-state index in [1.807, 2.05) is 17.1 Å². The number of hydrogen-bond donors (Lipinski definition) is 2. The van der Waals surface area contributed by atoms with Crippen LogP contribution in [0.4, 0.5) is 0 Å². The molecule has 1 unspecified atom stereocenters. The van der Waals surface area contributed by atoms with Crippen molar-refractivity contribution in [2.75, 3.05) is 19.6 Å². The van der Waals surface area contributed by atoms with Gasteiger partial charge in [0.2, 0.25) is 5.91 Å². The largest absolute Gasteiger partial charge is 0.382 e. The molecule has 3 N–H and O–H groups in total. The Morgan fingerprint density at radius 3 is 2.64 bits per heavy atom. The fourth-order valence-corrected chi connectivity index (χ4v) is 1.01. The van der Waals surface area contributed by atoms with Gasteiger partial charge >= 0.3 is 0 Å². The highest BCUT2D eigenvalue weighted by molar-refractivity contribution is 5.78. The molecule has 11 heavy (non-hydrogen) atoms. The van der Waals surface area contributed by atoms with Crippen LogP contribution in [0.5, 0.6) is 0 Å². The van der Waals surface area contributed by atoms with Crippen molar-refractivity contribution in [2.24, 2.45) is 5.73 Å². The smallest absolute Gasteiger partial charge is 0.247 e. The quantitative estimate of drug-likeness (QED) is 0.499. The molecule has 0 aromatic carbocycles. The number of carbonyl (C=O) groups excluding carboxylic acids is 1. The molecule has 0 aromatic heterocycles. The van der Waals surface area contributed by atoms with Gasteiger partial charge in [0.05, 0.1) is 0 Å². The van der Waals surface area contributed by atoms with Gasteiger partial charge in [0.1, 0.15) is 6.10 Å². The Morgan fingerprint density at radius 1 is 1.64 bits per heavy atom. The number of nitrogens with zero attached hydrogens (tertiary/aromatic N) is 1. The van der Waals surface area contributed by atoms with Crippen LogP contribution in [0.25, 0.3) is 0 Å². The second-order valence-electron chi connectivity index (χ2n) is 2.61. The van der Waals surface area contributed by atoms with Crippen molar-refractivity contribution in [2.45, 2.75) is 6.10 Å². The molecule has 0 saturated heterocycles. The van der Waals surface area contributed by atoms with E-state index in [0.29, 0.717) is 6.54 Å². The molecule has 0 saturated carbocycles. The maximum Gasteiger partial charge on any atom is 0.247 e. The van der Waals surface area contributed by atoms with Crippen LogP contribution < -0.4 is 5.73 Å². The van der Waals surface area contributed by atoms with Crippen molar-refractivity contribution in [1.29, 1.82) is 0 Å². The SMILES string of the molecule is NC(=O)C(O)CN1CC=CC1. The van der Waals surface area contributed by atoms with Crippen LogP contribution in [0.3, 0.4) is 0 Å². The molecule has 0 aliphatic carbocycles. The Hall–Kier alpha value is -0.870. The van der Waals surface area contributed by atoms with Crippen LogP contribution in [-0.2, 0) is 4.79 Å². The summed E-state index contributed by atoms with van der Waals surface area (Å²) in [5.41, 5.74) is 4.88. The third-order valence-electron chi connectivity index (χ3n) is 1.65. The molecule has 0 bridgehead atoms. The van der Waals surface area contributed by atoms with E-state index in [-0.39, 0.29) is 0 Å². The Kier molecular flexibility index (Phi) is 2.62. The topological polar surface area (TPSA) is 66.6 Å². The number of nitrogens with two attached hydrogens (primary N) is 1. The molecular formula is C7H12N2O2. The fourth-order valence-electron chi connectivity index (χ4n) is 1.01. The summed E-state index contributed by atoms with van der Waals surface area (Å²) in [4.78, 5) is 12.4. The molecule has 1 aliphatic rings. The van der Waals surface area contributed by atoms with Crippen molar-refractivity contribution in [3.8, 4) is 0 Å². The van der Waals surface area contributed by atoms with E-state index in [1.165, 1.54) is 0 Å². The summed E-state index contributed by atoms with van der Waals surface area (Å²) in [5.74, 6) is -0.656. The molecule has 4 nitrogen and oxygen atoms in total. The predicted molar refractivity (Wildman–Crippen MR) is 40.8 cm³/mol. The molecular weight excluding hydrogens is 144 g/mol. The highest BCUT2D eigenvalue weighted by Crippen LogP contribution is 1.99. The van der Waals surface area contributed by atoms with Crippen LogP contribution >= 0.6 is 0 Å². The van der Waals surface area contributed by atoms with Gasteiger partial charge in [-0.05, 0) is 0 Å². The van der Waals surface area contributed by atoms with Gasteiger partial charge < -0.3 is 10.8 Å². The minimum absolute atomic E-state index is 0.336. The van der Waals surface area contributed by atoms with Gasteiger partial charge in [-0.25, -0.2) is 0 Å². The number of aliphatic hydroxyl groups excluding tert-OH is 1. The van der Waals surface area contributed by atoms with Gasteiger partial charge in [-0.3, -0.25) is 9.69 Å². The van der Waals surface area contributed by atoms with Gasteiger partial charge in [-0.2, -0.15) is 0 Å². The Labute approximate surface area is 65.3 Å². The molecule has 1 heterocycles. The van der Waals surface area contributed by atoms with Crippen LogP contribution in [-0.4, -0.2) is 41.7 Å². The normalized spacial score (nSPS) is 20.5. The molecule has 0 spiro atoms. The number of aliphatic hydroxyl groups is 1. The molecule has 1 atom stereocenters. The summed E-state index contributed by atoms with van der Waals surface area (Å²) in [6.45, 7) is 1.93. The van der Waals surface area contributed by atoms with E-state index in [2.05, 4.69) is 0 Å². The summed E-state index contributed by atoms with van der Waals surface area (Å²) < 4.78 is 0. The van der Waals surface area contributed by atoms with Crippen molar-refractivity contribution in [3.05, 3.63) is 12.2 Å². The number of β-amino-alcohol motifs (C(OH)–C–C–N with tert-alkyl or cyclic N) is 1. The highest BCUT2D eigenvalue weighted by Gasteiger charge is 2.16. The lowest BCUT2D eigenvalue weighted by Crippen LogP contribution is -2.39. The summed E-state index contributed by atoms with van der Waals surface area (Å²) in [6, 6.07) is 0. The van der Waals surface area contributed by atoms with Crippen LogP contribution in [0.2, 0.25) is 0 Å². The van der Waals surface area contributed by atoms with Crippen molar-refractivity contribution in [1.82, 2.24) is 4.90 Å². The van der Waals surface area contributed by atoms with E-state index in [1.54, 1.807) is 0 Å². The van der Waals surface area contributed by atoms with Crippen LogP contribution in [0.1, 0.15) is 0 Å². The maximum atomic E-state index is 10.4. The summed E-state index contributed by atoms with van der Waals surface area (Å²) in [5, 5.41) is 9.04. The molecule has 1 rings (SSSR count). The average Bonchev–Trinajstić information content (AvgIpc) is 2.39. The minimum atomic E-state index is -1.03. The van der Waals surface area contributed by atoms with E-state index in [4.69, 9.17) is 10.8 Å². The van der Waals surface area contributed by atoms with Gasteiger partial charge in [-0.15, -0.1) is 0 Å². The molecule has 1 aliphatic heterocycles. The standard InChI is InChI=1S/C7H12N2O2/c8-7(11)6(10)5-9-3-1-2-4-9/h1-2,6,10H,3-5H2,(H2,8,11). The average molecular weight is 156 g/mol. The lowest BCUT2D eigenvalue weighted by molar-refractivity contribution is -0.126. The third kappa shape index (κ3) is 2.32. The zero-order valence-corrected chi connectivity index (χ0v) is 6.23. The van der Waals surface area contributed by atoms with E-state index >= 15 is 0 Å². The summed E-state index contributed by atoms with van der Waals surface area (Å²) in [7, 11) is 0.